The number of fused-ring (bicyclic) bond motifs is 1. The summed E-state index contributed by atoms with van der Waals surface area (Å²) in [5.41, 5.74) is 7.99. The summed E-state index contributed by atoms with van der Waals surface area (Å²) >= 11 is 0. The van der Waals surface area contributed by atoms with Crippen molar-refractivity contribution in [3.8, 4) is 0 Å². The molecule has 1 aliphatic rings. The highest BCUT2D eigenvalue weighted by atomic mass is 15.3. The van der Waals surface area contributed by atoms with E-state index in [1.54, 1.807) is 6.20 Å². The zero-order chi connectivity index (χ0) is 15.6. The van der Waals surface area contributed by atoms with Crippen molar-refractivity contribution in [3.05, 3.63) is 54.1 Å². The lowest BCUT2D eigenvalue weighted by Gasteiger charge is -2.32. The van der Waals surface area contributed by atoms with Crippen molar-refractivity contribution >= 4 is 11.5 Å². The van der Waals surface area contributed by atoms with Gasteiger partial charge in [0.1, 0.15) is 11.6 Å². The molecule has 1 saturated heterocycles. The topological polar surface area (TPSA) is 72.3 Å². The third-order valence-electron chi connectivity index (χ3n) is 4.53. The summed E-state index contributed by atoms with van der Waals surface area (Å²) in [6.07, 6.45) is 6.09. The van der Waals surface area contributed by atoms with Crippen LogP contribution in [0.15, 0.2) is 42.7 Å². The molecule has 3 aromatic rings. The summed E-state index contributed by atoms with van der Waals surface area (Å²) in [6.45, 7) is 2.90. The van der Waals surface area contributed by atoms with Gasteiger partial charge in [-0.15, -0.1) is 10.2 Å². The summed E-state index contributed by atoms with van der Waals surface area (Å²) in [7, 11) is 0. The first kappa shape index (κ1) is 14.1. The molecule has 1 atom stereocenters. The lowest BCUT2D eigenvalue weighted by molar-refractivity contribution is 0.196. The van der Waals surface area contributed by atoms with Crippen LogP contribution in [0.5, 0.6) is 0 Å². The summed E-state index contributed by atoms with van der Waals surface area (Å²) in [5, 5.41) is 8.71. The Kier molecular flexibility index (Phi) is 3.67. The molecule has 4 heterocycles. The van der Waals surface area contributed by atoms with Gasteiger partial charge in [-0.2, -0.15) is 0 Å². The third-order valence-corrected chi connectivity index (χ3v) is 4.53. The van der Waals surface area contributed by atoms with E-state index in [-0.39, 0.29) is 0 Å². The highest BCUT2D eigenvalue weighted by Crippen LogP contribution is 2.27. The number of nitrogens with two attached hydrogens (primary N) is 1. The van der Waals surface area contributed by atoms with Crippen LogP contribution in [0, 0.1) is 0 Å². The van der Waals surface area contributed by atoms with E-state index < -0.39 is 0 Å². The van der Waals surface area contributed by atoms with Crippen LogP contribution in [-0.4, -0.2) is 37.6 Å². The average Bonchev–Trinajstić information content (AvgIpc) is 3.01. The van der Waals surface area contributed by atoms with E-state index in [4.69, 9.17) is 5.73 Å². The molecule has 1 fully saturated rings. The predicted molar refractivity (Wildman–Crippen MR) is 88.9 cm³/mol. The first-order valence-electron chi connectivity index (χ1n) is 8.02. The zero-order valence-corrected chi connectivity index (χ0v) is 13.0. The van der Waals surface area contributed by atoms with Crippen LogP contribution in [0.4, 0.5) is 5.82 Å². The highest BCUT2D eigenvalue weighted by molar-refractivity contribution is 5.39. The number of nitrogen functional groups attached to an aromatic ring is 1. The molecule has 1 aliphatic heterocycles. The van der Waals surface area contributed by atoms with Crippen LogP contribution in [-0.2, 0) is 6.54 Å². The molecule has 6 heteroatoms. The van der Waals surface area contributed by atoms with Crippen LogP contribution in [0.2, 0.25) is 0 Å². The summed E-state index contributed by atoms with van der Waals surface area (Å²) in [5.74, 6) is 2.09. The van der Waals surface area contributed by atoms with Gasteiger partial charge in [-0.25, -0.2) is 4.98 Å². The molecule has 0 unspecified atom stereocenters. The predicted octanol–water partition coefficient (Wildman–Crippen LogP) is 2.09. The molecule has 118 valence electrons. The molecule has 0 spiro atoms. The maximum atomic E-state index is 5.98. The van der Waals surface area contributed by atoms with Gasteiger partial charge in [0, 0.05) is 37.0 Å². The van der Waals surface area contributed by atoms with Gasteiger partial charge in [0.25, 0.3) is 0 Å². The van der Waals surface area contributed by atoms with E-state index in [0.29, 0.717) is 11.7 Å². The third kappa shape index (κ3) is 2.77. The zero-order valence-electron chi connectivity index (χ0n) is 13.0. The van der Waals surface area contributed by atoms with E-state index in [2.05, 4.69) is 30.5 Å². The number of piperidine rings is 1. The van der Waals surface area contributed by atoms with Crippen LogP contribution in [0.1, 0.15) is 30.1 Å². The van der Waals surface area contributed by atoms with Crippen molar-refractivity contribution in [2.45, 2.75) is 25.3 Å². The van der Waals surface area contributed by atoms with Crippen molar-refractivity contribution in [1.82, 2.24) is 24.5 Å². The monoisotopic (exact) mass is 308 g/mol. The molecule has 23 heavy (non-hydrogen) atoms. The van der Waals surface area contributed by atoms with E-state index in [1.807, 2.05) is 30.5 Å². The molecule has 2 N–H and O–H groups in total. The van der Waals surface area contributed by atoms with Gasteiger partial charge < -0.3 is 5.73 Å². The van der Waals surface area contributed by atoms with Gasteiger partial charge in [-0.1, -0.05) is 12.1 Å². The van der Waals surface area contributed by atoms with E-state index in [9.17, 15) is 0 Å². The fourth-order valence-electron chi connectivity index (χ4n) is 3.37. The van der Waals surface area contributed by atoms with Crippen molar-refractivity contribution in [1.29, 1.82) is 0 Å². The maximum Gasteiger partial charge on any atom is 0.160 e. The van der Waals surface area contributed by atoms with Crippen molar-refractivity contribution in [3.63, 3.8) is 0 Å². The number of hydrogen-bond donors (Lipinski definition) is 1. The Bertz CT molecular complexity index is 811. The minimum absolute atomic E-state index is 0.402. The van der Waals surface area contributed by atoms with Gasteiger partial charge in [0.15, 0.2) is 5.65 Å². The fraction of sp³-hybridized carbons (Fsp3) is 0.353. The smallest absolute Gasteiger partial charge is 0.160 e. The van der Waals surface area contributed by atoms with Gasteiger partial charge in [-0.3, -0.25) is 9.30 Å². The first-order valence-corrected chi connectivity index (χ1v) is 8.02. The number of likely N-dealkylation sites (tertiary alicyclic amines) is 1. The molecule has 0 bridgehead atoms. The summed E-state index contributed by atoms with van der Waals surface area (Å²) in [6, 6.07) is 10.0. The van der Waals surface area contributed by atoms with Crippen LogP contribution >= 0.6 is 0 Å². The minimum atomic E-state index is 0.402. The normalized spacial score (nSPS) is 19.2. The number of anilines is 1. The minimum Gasteiger partial charge on any atom is -0.383 e. The second-order valence-corrected chi connectivity index (χ2v) is 6.11. The molecular weight excluding hydrogens is 288 g/mol. The molecule has 0 aromatic carbocycles. The number of pyridine rings is 2. The molecule has 3 aromatic heterocycles. The number of hydrogen-bond acceptors (Lipinski definition) is 5. The Morgan fingerprint density at radius 2 is 2.13 bits per heavy atom. The molecule has 0 amide bonds. The lowest BCUT2D eigenvalue weighted by atomic mass is 9.96. The van der Waals surface area contributed by atoms with Crippen molar-refractivity contribution in [2.75, 3.05) is 18.8 Å². The summed E-state index contributed by atoms with van der Waals surface area (Å²) < 4.78 is 2.10. The number of aromatic nitrogens is 4. The van der Waals surface area contributed by atoms with Gasteiger partial charge in [-0.05, 0) is 37.6 Å². The Morgan fingerprint density at radius 1 is 1.17 bits per heavy atom. The quantitative estimate of drug-likeness (QED) is 0.802. The summed E-state index contributed by atoms with van der Waals surface area (Å²) in [4.78, 5) is 6.62. The molecule has 0 saturated carbocycles. The standard InChI is InChI=1S/C17H20N6/c18-16-13(5-3-8-19-16)11-22-9-4-6-14(12-22)17-21-20-15-7-1-2-10-23(15)17/h1-3,5,7-8,10,14H,4,6,9,11-12H2,(H2,18,19)/t14-/m1/s1. The Balaban J connectivity index is 1.54. The van der Waals surface area contributed by atoms with Crippen LogP contribution in [0.3, 0.4) is 0 Å². The number of rotatable bonds is 3. The maximum absolute atomic E-state index is 5.98. The van der Waals surface area contributed by atoms with Gasteiger partial charge >= 0.3 is 0 Å². The van der Waals surface area contributed by atoms with Crippen LogP contribution < -0.4 is 5.73 Å². The van der Waals surface area contributed by atoms with Gasteiger partial charge in [0.05, 0.1) is 0 Å². The second-order valence-electron chi connectivity index (χ2n) is 6.11. The molecular formula is C17H20N6. The fourth-order valence-corrected chi connectivity index (χ4v) is 3.37. The molecule has 4 rings (SSSR count). The Labute approximate surface area is 135 Å². The first-order chi connectivity index (χ1) is 11.3. The second kappa shape index (κ2) is 5.96. The highest BCUT2D eigenvalue weighted by Gasteiger charge is 2.25. The van der Waals surface area contributed by atoms with Crippen molar-refractivity contribution in [2.24, 2.45) is 0 Å². The lowest BCUT2D eigenvalue weighted by Crippen LogP contribution is -2.34. The van der Waals surface area contributed by atoms with E-state index in [0.717, 1.165) is 49.5 Å². The largest absolute Gasteiger partial charge is 0.383 e. The van der Waals surface area contributed by atoms with E-state index in [1.165, 1.54) is 0 Å². The van der Waals surface area contributed by atoms with Gasteiger partial charge in [0.2, 0.25) is 0 Å². The Morgan fingerprint density at radius 3 is 3.04 bits per heavy atom. The SMILES string of the molecule is Nc1ncccc1CN1CCC[C@@H](c2nnc3ccccn23)C1. The molecule has 6 nitrogen and oxygen atoms in total. The Hall–Kier alpha value is -2.47. The molecule has 0 radical (unpaired) electrons. The number of nitrogens with zero attached hydrogens (tertiary/aromatic N) is 5. The van der Waals surface area contributed by atoms with Crippen LogP contribution in [0.25, 0.3) is 5.65 Å². The molecule has 0 aliphatic carbocycles. The average molecular weight is 308 g/mol. The van der Waals surface area contributed by atoms with E-state index >= 15 is 0 Å². The van der Waals surface area contributed by atoms with Crippen molar-refractivity contribution < 1.29 is 0 Å².